The maximum absolute atomic E-state index is 13.3. The third kappa shape index (κ3) is 3.05. The van der Waals surface area contributed by atoms with Crippen LogP contribution in [0.1, 0.15) is 27.2 Å². The van der Waals surface area contributed by atoms with Crippen LogP contribution in [0.4, 0.5) is 20.4 Å². The number of hydrogen-bond donors (Lipinski definition) is 2. The van der Waals surface area contributed by atoms with Gasteiger partial charge in [0.1, 0.15) is 0 Å². The molecule has 1 aromatic rings. The van der Waals surface area contributed by atoms with Crippen LogP contribution >= 0.6 is 0 Å². The summed E-state index contributed by atoms with van der Waals surface area (Å²) in [5.41, 5.74) is 5.29. The second-order valence-corrected chi connectivity index (χ2v) is 4.56. The van der Waals surface area contributed by atoms with Crippen LogP contribution in [0.15, 0.2) is 6.07 Å². The van der Waals surface area contributed by atoms with E-state index < -0.39 is 11.6 Å². The molecule has 3 nitrogen and oxygen atoms in total. The van der Waals surface area contributed by atoms with Gasteiger partial charge in [0.2, 0.25) is 0 Å². The molecular weight excluding hydrogens is 212 g/mol. The lowest BCUT2D eigenvalue weighted by molar-refractivity contribution is 0.376. The van der Waals surface area contributed by atoms with Crippen molar-refractivity contribution in [3.8, 4) is 0 Å². The van der Waals surface area contributed by atoms with Gasteiger partial charge in [-0.15, -0.1) is 0 Å². The van der Waals surface area contributed by atoms with Crippen LogP contribution in [0.2, 0.25) is 0 Å². The molecule has 1 aromatic heterocycles. The number of anilines is 2. The number of nitrogens with zero attached hydrogens (tertiary/aromatic N) is 1. The Kier molecular flexibility index (Phi) is 3.67. The van der Waals surface area contributed by atoms with Crippen LogP contribution in [0.5, 0.6) is 0 Å². The Hall–Kier alpha value is -1.39. The highest BCUT2D eigenvalue weighted by Gasteiger charge is 2.16. The predicted molar refractivity (Wildman–Crippen MR) is 61.1 cm³/mol. The van der Waals surface area contributed by atoms with Crippen LogP contribution in [-0.2, 0) is 0 Å². The molecule has 0 aliphatic carbocycles. The highest BCUT2D eigenvalue weighted by Crippen LogP contribution is 2.22. The van der Waals surface area contributed by atoms with Crippen LogP contribution < -0.4 is 11.1 Å². The first-order chi connectivity index (χ1) is 7.35. The van der Waals surface area contributed by atoms with Crippen molar-refractivity contribution >= 4 is 11.6 Å². The van der Waals surface area contributed by atoms with Crippen LogP contribution in [0, 0.1) is 17.0 Å². The van der Waals surface area contributed by atoms with E-state index in [-0.39, 0.29) is 17.1 Å². The molecule has 0 unspecified atom stereocenters. The van der Waals surface area contributed by atoms with Gasteiger partial charge in [-0.2, -0.15) is 0 Å². The molecule has 0 aromatic carbocycles. The summed E-state index contributed by atoms with van der Waals surface area (Å²) in [6.45, 7) is 6.69. The van der Waals surface area contributed by atoms with Crippen molar-refractivity contribution in [1.82, 2.24) is 4.98 Å². The van der Waals surface area contributed by atoms with E-state index >= 15 is 0 Å². The second kappa shape index (κ2) is 4.63. The van der Waals surface area contributed by atoms with Gasteiger partial charge in [-0.1, -0.05) is 20.8 Å². The molecule has 0 spiro atoms. The molecule has 5 heteroatoms. The van der Waals surface area contributed by atoms with Crippen LogP contribution in [-0.4, -0.2) is 11.5 Å². The number of rotatable bonds is 4. The van der Waals surface area contributed by atoms with Gasteiger partial charge in [0, 0.05) is 12.6 Å². The summed E-state index contributed by atoms with van der Waals surface area (Å²) in [5, 5.41) is 2.84. The van der Waals surface area contributed by atoms with Crippen molar-refractivity contribution in [1.29, 1.82) is 0 Å². The summed E-state index contributed by atoms with van der Waals surface area (Å²) in [7, 11) is 0. The fourth-order valence-corrected chi connectivity index (χ4v) is 1.05. The molecule has 0 aliphatic heterocycles. The Bertz CT molecular complexity index is 378. The zero-order chi connectivity index (χ0) is 12.3. The Morgan fingerprint density at radius 2 is 2.00 bits per heavy atom. The van der Waals surface area contributed by atoms with Gasteiger partial charge in [-0.05, 0) is 11.8 Å². The van der Waals surface area contributed by atoms with E-state index in [0.717, 1.165) is 12.5 Å². The quantitative estimate of drug-likeness (QED) is 0.834. The van der Waals surface area contributed by atoms with E-state index in [1.165, 1.54) is 0 Å². The van der Waals surface area contributed by atoms with E-state index in [1.807, 2.05) is 20.8 Å². The average Bonchev–Trinajstić information content (AvgIpc) is 2.22. The summed E-state index contributed by atoms with van der Waals surface area (Å²) in [6.07, 6.45) is 0.943. The topological polar surface area (TPSA) is 50.9 Å². The summed E-state index contributed by atoms with van der Waals surface area (Å²) < 4.78 is 26.1. The van der Waals surface area contributed by atoms with Gasteiger partial charge in [0.05, 0.1) is 0 Å². The van der Waals surface area contributed by atoms with Crippen molar-refractivity contribution in [3.05, 3.63) is 17.7 Å². The second-order valence-electron chi connectivity index (χ2n) is 4.56. The predicted octanol–water partition coefficient (Wildman–Crippen LogP) is 2.79. The zero-order valence-corrected chi connectivity index (χ0v) is 9.77. The largest absolute Gasteiger partial charge is 0.381 e. The van der Waals surface area contributed by atoms with Crippen molar-refractivity contribution in [2.45, 2.75) is 27.2 Å². The Morgan fingerprint density at radius 1 is 1.38 bits per heavy atom. The maximum Gasteiger partial charge on any atom is 0.168 e. The SMILES string of the molecule is CCC(C)(C)CNc1nc(N)c(F)cc1F. The van der Waals surface area contributed by atoms with E-state index in [0.29, 0.717) is 6.54 Å². The van der Waals surface area contributed by atoms with Crippen molar-refractivity contribution in [3.63, 3.8) is 0 Å². The first kappa shape index (κ1) is 12.7. The number of pyridine rings is 1. The summed E-state index contributed by atoms with van der Waals surface area (Å²) in [4.78, 5) is 3.63. The smallest absolute Gasteiger partial charge is 0.168 e. The number of nitrogens with one attached hydrogen (secondary N) is 1. The third-order valence-electron chi connectivity index (χ3n) is 2.65. The Labute approximate surface area is 94.1 Å². The van der Waals surface area contributed by atoms with Crippen LogP contribution in [0.25, 0.3) is 0 Å². The molecule has 3 N–H and O–H groups in total. The van der Waals surface area contributed by atoms with Crippen molar-refractivity contribution in [2.75, 3.05) is 17.6 Å². The molecule has 0 atom stereocenters. The lowest BCUT2D eigenvalue weighted by atomic mass is 9.90. The fraction of sp³-hybridized carbons (Fsp3) is 0.545. The van der Waals surface area contributed by atoms with E-state index in [9.17, 15) is 8.78 Å². The fourth-order valence-electron chi connectivity index (χ4n) is 1.05. The average molecular weight is 229 g/mol. The summed E-state index contributed by atoms with van der Waals surface area (Å²) >= 11 is 0. The van der Waals surface area contributed by atoms with E-state index in [4.69, 9.17) is 5.73 Å². The lowest BCUT2D eigenvalue weighted by Crippen LogP contribution is -2.23. The van der Waals surface area contributed by atoms with Gasteiger partial charge < -0.3 is 11.1 Å². The van der Waals surface area contributed by atoms with Gasteiger partial charge >= 0.3 is 0 Å². The normalized spacial score (nSPS) is 11.6. The monoisotopic (exact) mass is 229 g/mol. The molecule has 90 valence electrons. The minimum absolute atomic E-state index is 0.000394. The van der Waals surface area contributed by atoms with Gasteiger partial charge in [-0.25, -0.2) is 13.8 Å². The molecule has 1 heterocycles. The number of nitrogens with two attached hydrogens (primary N) is 1. The first-order valence-corrected chi connectivity index (χ1v) is 5.21. The highest BCUT2D eigenvalue weighted by atomic mass is 19.1. The number of aromatic nitrogens is 1. The molecule has 0 aliphatic rings. The molecule has 0 bridgehead atoms. The van der Waals surface area contributed by atoms with Crippen molar-refractivity contribution < 1.29 is 8.78 Å². The third-order valence-corrected chi connectivity index (χ3v) is 2.65. The Balaban J connectivity index is 2.79. The molecule has 0 saturated carbocycles. The number of hydrogen-bond acceptors (Lipinski definition) is 3. The molecule has 16 heavy (non-hydrogen) atoms. The van der Waals surface area contributed by atoms with Crippen LogP contribution in [0.3, 0.4) is 0 Å². The van der Waals surface area contributed by atoms with Gasteiger partial charge in [-0.3, -0.25) is 0 Å². The maximum atomic E-state index is 13.3. The minimum Gasteiger partial charge on any atom is -0.381 e. The summed E-state index contributed by atoms with van der Waals surface area (Å²) in [6, 6.07) is 0.740. The molecule has 0 fully saturated rings. The van der Waals surface area contributed by atoms with Crippen molar-refractivity contribution in [2.24, 2.45) is 5.41 Å². The van der Waals surface area contributed by atoms with E-state index in [2.05, 4.69) is 10.3 Å². The number of halogens is 2. The highest BCUT2D eigenvalue weighted by molar-refractivity contribution is 5.44. The molecule has 0 saturated heterocycles. The zero-order valence-electron chi connectivity index (χ0n) is 9.77. The Morgan fingerprint density at radius 3 is 2.56 bits per heavy atom. The molecular formula is C11H17F2N3. The van der Waals surface area contributed by atoms with E-state index in [1.54, 1.807) is 0 Å². The number of nitrogen functional groups attached to an aromatic ring is 1. The van der Waals surface area contributed by atoms with Gasteiger partial charge in [0.25, 0.3) is 0 Å². The summed E-state index contributed by atoms with van der Waals surface area (Å²) in [5.74, 6) is -1.85. The molecule has 1 rings (SSSR count). The van der Waals surface area contributed by atoms with Gasteiger partial charge in [0.15, 0.2) is 23.3 Å². The molecule has 0 radical (unpaired) electrons. The first-order valence-electron chi connectivity index (χ1n) is 5.21. The lowest BCUT2D eigenvalue weighted by Gasteiger charge is -2.23. The standard InChI is InChI=1S/C11H17F2N3/c1-4-11(2,3)6-15-10-8(13)5-7(12)9(14)16-10/h5H,4,6H2,1-3H3,(H3,14,15,16). The molecule has 0 amide bonds. The minimum atomic E-state index is -0.835.